The number of benzene rings is 1. The monoisotopic (exact) mass is 258 g/mol. The minimum Gasteiger partial charge on any atom is -0.299 e. The molecule has 0 N–H and O–H groups in total. The number of rotatable bonds is 3. The predicted octanol–water partition coefficient (Wildman–Crippen LogP) is 3.34. The molecule has 16 heavy (non-hydrogen) atoms. The maximum Gasteiger partial charge on any atom is 0.141 e. The summed E-state index contributed by atoms with van der Waals surface area (Å²) in [4.78, 5) is 11.9. The normalized spacial score (nSPS) is 20.0. The number of hydrogen-bond acceptors (Lipinski definition) is 2. The highest BCUT2D eigenvalue weighted by Crippen LogP contribution is 2.25. The van der Waals surface area contributed by atoms with Crippen LogP contribution in [-0.2, 0) is 11.2 Å². The molecule has 1 saturated heterocycles. The summed E-state index contributed by atoms with van der Waals surface area (Å²) in [5.74, 6) is 1.98. The zero-order valence-electron chi connectivity index (χ0n) is 8.71. The summed E-state index contributed by atoms with van der Waals surface area (Å²) < 4.78 is 12.9. The van der Waals surface area contributed by atoms with Crippen molar-refractivity contribution in [2.75, 3.05) is 11.5 Å². The van der Waals surface area contributed by atoms with Crippen molar-refractivity contribution in [1.29, 1.82) is 0 Å². The summed E-state index contributed by atoms with van der Waals surface area (Å²) in [6.45, 7) is 0. The Morgan fingerprint density at radius 2 is 2.38 bits per heavy atom. The van der Waals surface area contributed by atoms with Crippen LogP contribution in [-0.4, -0.2) is 17.3 Å². The van der Waals surface area contributed by atoms with Crippen molar-refractivity contribution in [3.05, 3.63) is 34.6 Å². The second kappa shape index (κ2) is 5.19. The summed E-state index contributed by atoms with van der Waals surface area (Å²) >= 11 is 7.49. The highest BCUT2D eigenvalue weighted by molar-refractivity contribution is 7.99. The van der Waals surface area contributed by atoms with Crippen LogP contribution in [0.5, 0.6) is 0 Å². The van der Waals surface area contributed by atoms with Gasteiger partial charge in [-0.05, 0) is 29.9 Å². The minimum absolute atomic E-state index is 0.0890. The second-order valence-corrected chi connectivity index (χ2v) is 5.51. The van der Waals surface area contributed by atoms with Crippen molar-refractivity contribution < 1.29 is 9.18 Å². The molecule has 0 bridgehead atoms. The van der Waals surface area contributed by atoms with Gasteiger partial charge in [0.15, 0.2) is 0 Å². The van der Waals surface area contributed by atoms with Gasteiger partial charge in [-0.2, -0.15) is 11.8 Å². The molecule has 0 aliphatic carbocycles. The van der Waals surface area contributed by atoms with Gasteiger partial charge in [-0.25, -0.2) is 4.39 Å². The van der Waals surface area contributed by atoms with Crippen LogP contribution >= 0.6 is 23.4 Å². The molecule has 0 saturated carbocycles. The molecule has 0 radical (unpaired) electrons. The summed E-state index contributed by atoms with van der Waals surface area (Å²) in [6.07, 6.45) is 1.34. The largest absolute Gasteiger partial charge is 0.299 e. The van der Waals surface area contributed by atoms with Gasteiger partial charge in [0.1, 0.15) is 11.6 Å². The Bertz CT molecular complexity index is 402. The van der Waals surface area contributed by atoms with Crippen LogP contribution in [0, 0.1) is 11.7 Å². The quantitative estimate of drug-likeness (QED) is 0.827. The van der Waals surface area contributed by atoms with E-state index in [0.29, 0.717) is 6.42 Å². The van der Waals surface area contributed by atoms with E-state index in [9.17, 15) is 9.18 Å². The van der Waals surface area contributed by atoms with E-state index in [0.717, 1.165) is 23.5 Å². The molecule has 1 aliphatic heterocycles. The molecule has 0 aromatic heterocycles. The smallest absolute Gasteiger partial charge is 0.141 e. The van der Waals surface area contributed by atoms with Crippen LogP contribution in [0.15, 0.2) is 18.2 Å². The average molecular weight is 259 g/mol. The molecule has 1 aromatic carbocycles. The van der Waals surface area contributed by atoms with Crippen LogP contribution < -0.4 is 0 Å². The van der Waals surface area contributed by atoms with Gasteiger partial charge in [0, 0.05) is 18.1 Å². The van der Waals surface area contributed by atoms with Crippen molar-refractivity contribution >= 4 is 29.1 Å². The number of carbonyl (C=O) groups is 1. The Kier molecular flexibility index (Phi) is 3.87. The van der Waals surface area contributed by atoms with E-state index in [1.807, 2.05) is 11.8 Å². The van der Waals surface area contributed by atoms with E-state index in [-0.39, 0.29) is 16.7 Å². The summed E-state index contributed by atoms with van der Waals surface area (Å²) in [7, 11) is 0. The van der Waals surface area contributed by atoms with Crippen molar-refractivity contribution in [3.8, 4) is 0 Å². The summed E-state index contributed by atoms with van der Waals surface area (Å²) in [6, 6.07) is 4.48. The lowest BCUT2D eigenvalue weighted by Gasteiger charge is -2.07. The second-order valence-electron chi connectivity index (χ2n) is 3.95. The van der Waals surface area contributed by atoms with Crippen LogP contribution in [0.4, 0.5) is 4.39 Å². The first-order chi connectivity index (χ1) is 7.66. The molecule has 1 heterocycles. The number of carbonyl (C=O) groups excluding carboxylic acids is 1. The lowest BCUT2D eigenvalue weighted by atomic mass is 9.97. The van der Waals surface area contributed by atoms with E-state index in [2.05, 4.69) is 0 Å². The average Bonchev–Trinajstić information content (AvgIpc) is 2.77. The first-order valence-corrected chi connectivity index (χ1v) is 6.74. The van der Waals surface area contributed by atoms with Gasteiger partial charge < -0.3 is 0 Å². The third kappa shape index (κ3) is 2.77. The predicted molar refractivity (Wildman–Crippen MR) is 65.6 cm³/mol. The first kappa shape index (κ1) is 11.9. The number of hydrogen-bond donors (Lipinski definition) is 0. The van der Waals surface area contributed by atoms with Gasteiger partial charge in [-0.1, -0.05) is 17.7 Å². The molecule has 1 aromatic rings. The van der Waals surface area contributed by atoms with Crippen molar-refractivity contribution in [1.82, 2.24) is 0 Å². The number of thioether (sulfide) groups is 1. The SMILES string of the molecule is O=C(Cc1ccc(F)c(Cl)c1)C1CCSC1. The molecule has 2 rings (SSSR count). The van der Waals surface area contributed by atoms with Gasteiger partial charge >= 0.3 is 0 Å². The van der Waals surface area contributed by atoms with E-state index in [4.69, 9.17) is 11.6 Å². The molecule has 4 heteroatoms. The Hall–Kier alpha value is -0.540. The lowest BCUT2D eigenvalue weighted by Crippen LogP contribution is -2.16. The van der Waals surface area contributed by atoms with Gasteiger partial charge in [0.05, 0.1) is 5.02 Å². The van der Waals surface area contributed by atoms with Gasteiger partial charge in [0.2, 0.25) is 0 Å². The third-order valence-corrected chi connectivity index (χ3v) is 4.20. The summed E-state index contributed by atoms with van der Waals surface area (Å²) in [5, 5.41) is 0.0890. The van der Waals surface area contributed by atoms with E-state index >= 15 is 0 Å². The van der Waals surface area contributed by atoms with E-state index in [1.165, 1.54) is 12.1 Å². The Morgan fingerprint density at radius 1 is 1.56 bits per heavy atom. The zero-order chi connectivity index (χ0) is 11.5. The molecule has 1 atom stereocenters. The van der Waals surface area contributed by atoms with Crippen LogP contribution in [0.2, 0.25) is 5.02 Å². The molecule has 0 spiro atoms. The number of ketones is 1. The molecule has 1 unspecified atom stereocenters. The van der Waals surface area contributed by atoms with Crippen LogP contribution in [0.3, 0.4) is 0 Å². The van der Waals surface area contributed by atoms with Crippen molar-refractivity contribution in [3.63, 3.8) is 0 Å². The Balaban J connectivity index is 2.02. The molecule has 1 fully saturated rings. The van der Waals surface area contributed by atoms with Crippen molar-refractivity contribution in [2.24, 2.45) is 5.92 Å². The highest BCUT2D eigenvalue weighted by atomic mass is 35.5. The molecule has 1 nitrogen and oxygen atoms in total. The Morgan fingerprint density at radius 3 is 3.00 bits per heavy atom. The molecule has 0 amide bonds. The molecular weight excluding hydrogens is 247 g/mol. The fourth-order valence-electron chi connectivity index (χ4n) is 1.78. The fraction of sp³-hybridized carbons (Fsp3) is 0.417. The van der Waals surface area contributed by atoms with Crippen LogP contribution in [0.1, 0.15) is 12.0 Å². The van der Waals surface area contributed by atoms with E-state index < -0.39 is 5.82 Å². The van der Waals surface area contributed by atoms with Gasteiger partial charge in [-0.3, -0.25) is 4.79 Å². The topological polar surface area (TPSA) is 17.1 Å². The zero-order valence-corrected chi connectivity index (χ0v) is 10.3. The van der Waals surface area contributed by atoms with Gasteiger partial charge in [-0.15, -0.1) is 0 Å². The highest BCUT2D eigenvalue weighted by Gasteiger charge is 2.23. The molecule has 1 aliphatic rings. The third-order valence-electron chi connectivity index (χ3n) is 2.75. The maximum absolute atomic E-state index is 12.9. The van der Waals surface area contributed by atoms with Crippen molar-refractivity contribution in [2.45, 2.75) is 12.8 Å². The minimum atomic E-state index is -0.436. The standard InChI is InChI=1S/C12H12ClFOS/c13-10-5-8(1-2-11(10)14)6-12(15)9-3-4-16-7-9/h1-2,5,9H,3-4,6-7H2. The molecule has 86 valence electrons. The number of Topliss-reactive ketones (excluding diaryl/α,β-unsaturated/α-hetero) is 1. The van der Waals surface area contributed by atoms with Gasteiger partial charge in [0.25, 0.3) is 0 Å². The lowest BCUT2D eigenvalue weighted by molar-refractivity contribution is -0.121. The fourth-order valence-corrected chi connectivity index (χ4v) is 3.24. The van der Waals surface area contributed by atoms with Crippen LogP contribution in [0.25, 0.3) is 0 Å². The molecular formula is C12H12ClFOS. The first-order valence-electron chi connectivity index (χ1n) is 5.21. The number of halogens is 2. The van der Waals surface area contributed by atoms with E-state index in [1.54, 1.807) is 6.07 Å². The maximum atomic E-state index is 12.9. The summed E-state index contributed by atoms with van der Waals surface area (Å²) in [5.41, 5.74) is 0.799. The Labute approximate surface area is 103 Å².